The average molecular weight is 383 g/mol. The van der Waals surface area contributed by atoms with Crippen molar-refractivity contribution in [3.63, 3.8) is 0 Å². The van der Waals surface area contributed by atoms with Crippen LogP contribution in [-0.4, -0.2) is 19.2 Å². The normalized spacial score (nSPS) is 11.0. The molecular weight excluding hydrogens is 362 g/mol. The summed E-state index contributed by atoms with van der Waals surface area (Å²) in [5.74, 6) is 2.92. The molecular formula is C25H21NO3. The number of aromatic nitrogens is 1. The van der Waals surface area contributed by atoms with Gasteiger partial charge in [0.2, 0.25) is 5.89 Å². The lowest BCUT2D eigenvalue weighted by Gasteiger charge is -2.01. The van der Waals surface area contributed by atoms with Crippen LogP contribution in [0.1, 0.15) is 11.3 Å². The summed E-state index contributed by atoms with van der Waals surface area (Å²) in [6.45, 7) is 0. The van der Waals surface area contributed by atoms with Gasteiger partial charge in [-0.1, -0.05) is 36.4 Å². The Morgan fingerprint density at radius 1 is 0.690 bits per heavy atom. The maximum atomic E-state index is 6.12. The molecule has 0 spiro atoms. The zero-order valence-electron chi connectivity index (χ0n) is 16.3. The first kappa shape index (κ1) is 18.6. The maximum Gasteiger partial charge on any atom is 0.227 e. The van der Waals surface area contributed by atoms with E-state index in [1.807, 2.05) is 91.0 Å². The molecule has 4 rings (SSSR count). The Hall–Kier alpha value is -3.79. The number of oxazole rings is 1. The first-order valence-electron chi connectivity index (χ1n) is 9.29. The zero-order valence-corrected chi connectivity index (χ0v) is 16.3. The molecule has 1 aromatic heterocycles. The Bertz CT molecular complexity index is 1100. The highest BCUT2D eigenvalue weighted by Crippen LogP contribution is 2.31. The van der Waals surface area contributed by atoms with Crippen LogP contribution in [0.5, 0.6) is 11.5 Å². The van der Waals surface area contributed by atoms with Crippen molar-refractivity contribution in [1.82, 2.24) is 4.98 Å². The summed E-state index contributed by atoms with van der Waals surface area (Å²) in [4.78, 5) is 4.77. The standard InChI is InChI=1S/C25H21NO3/c1-27-21-13-8-18(9-14-21)10-17-23-24(19-11-15-22(28-2)16-12-19)26-25(29-23)20-6-4-3-5-7-20/h3-17H,1-2H3/b17-10+. The molecule has 29 heavy (non-hydrogen) atoms. The Morgan fingerprint density at radius 3 is 1.93 bits per heavy atom. The lowest BCUT2D eigenvalue weighted by molar-refractivity contribution is 0.414. The van der Waals surface area contributed by atoms with Gasteiger partial charge in [-0.05, 0) is 60.2 Å². The van der Waals surface area contributed by atoms with E-state index in [2.05, 4.69) is 0 Å². The summed E-state index contributed by atoms with van der Waals surface area (Å²) >= 11 is 0. The SMILES string of the molecule is COc1ccc(/C=C/c2oc(-c3ccccc3)nc2-c2ccc(OC)cc2)cc1. The number of ether oxygens (including phenoxy) is 2. The molecule has 0 unspecified atom stereocenters. The molecule has 4 aromatic rings. The zero-order chi connectivity index (χ0) is 20.1. The van der Waals surface area contributed by atoms with Crippen molar-refractivity contribution in [1.29, 1.82) is 0 Å². The van der Waals surface area contributed by atoms with Gasteiger partial charge >= 0.3 is 0 Å². The quantitative estimate of drug-likeness (QED) is 0.398. The van der Waals surface area contributed by atoms with Crippen LogP contribution < -0.4 is 9.47 Å². The van der Waals surface area contributed by atoms with Crippen molar-refractivity contribution in [3.8, 4) is 34.2 Å². The maximum absolute atomic E-state index is 6.12. The fourth-order valence-electron chi connectivity index (χ4n) is 2.99. The van der Waals surface area contributed by atoms with Gasteiger partial charge in [0.1, 0.15) is 17.2 Å². The van der Waals surface area contributed by atoms with Crippen molar-refractivity contribution in [3.05, 3.63) is 90.2 Å². The molecule has 0 aliphatic carbocycles. The van der Waals surface area contributed by atoms with E-state index < -0.39 is 0 Å². The van der Waals surface area contributed by atoms with Crippen molar-refractivity contribution < 1.29 is 13.9 Å². The lowest BCUT2D eigenvalue weighted by atomic mass is 10.1. The van der Waals surface area contributed by atoms with Gasteiger partial charge in [0.15, 0.2) is 5.76 Å². The van der Waals surface area contributed by atoms with Crippen LogP contribution in [0.25, 0.3) is 34.9 Å². The minimum absolute atomic E-state index is 0.589. The fraction of sp³-hybridized carbons (Fsp3) is 0.0800. The average Bonchev–Trinajstić information content (AvgIpc) is 3.23. The number of hydrogen-bond donors (Lipinski definition) is 0. The number of methoxy groups -OCH3 is 2. The molecule has 0 bridgehead atoms. The van der Waals surface area contributed by atoms with Gasteiger partial charge in [-0.3, -0.25) is 0 Å². The van der Waals surface area contributed by atoms with E-state index in [4.69, 9.17) is 18.9 Å². The van der Waals surface area contributed by atoms with E-state index in [1.54, 1.807) is 14.2 Å². The van der Waals surface area contributed by atoms with E-state index in [0.717, 1.165) is 33.9 Å². The minimum Gasteiger partial charge on any atom is -0.497 e. The Kier molecular flexibility index (Phi) is 5.43. The molecule has 4 nitrogen and oxygen atoms in total. The van der Waals surface area contributed by atoms with Crippen molar-refractivity contribution in [2.24, 2.45) is 0 Å². The van der Waals surface area contributed by atoms with E-state index in [-0.39, 0.29) is 0 Å². The van der Waals surface area contributed by atoms with E-state index in [1.165, 1.54) is 0 Å². The van der Waals surface area contributed by atoms with E-state index >= 15 is 0 Å². The third-order valence-electron chi connectivity index (χ3n) is 4.58. The van der Waals surface area contributed by atoms with Gasteiger partial charge in [0.05, 0.1) is 14.2 Å². The summed E-state index contributed by atoms with van der Waals surface area (Å²) < 4.78 is 16.6. The Morgan fingerprint density at radius 2 is 1.31 bits per heavy atom. The van der Waals surface area contributed by atoms with Gasteiger partial charge in [-0.25, -0.2) is 4.98 Å². The number of rotatable bonds is 6. The van der Waals surface area contributed by atoms with Crippen molar-refractivity contribution in [2.75, 3.05) is 14.2 Å². The third kappa shape index (κ3) is 4.22. The van der Waals surface area contributed by atoms with E-state index in [0.29, 0.717) is 11.7 Å². The molecule has 3 aromatic carbocycles. The molecule has 0 amide bonds. The highest BCUT2D eigenvalue weighted by atomic mass is 16.5. The van der Waals surface area contributed by atoms with Crippen LogP contribution in [0.4, 0.5) is 0 Å². The van der Waals surface area contributed by atoms with Gasteiger partial charge in [-0.15, -0.1) is 0 Å². The molecule has 0 fully saturated rings. The van der Waals surface area contributed by atoms with Crippen molar-refractivity contribution in [2.45, 2.75) is 0 Å². The molecule has 0 aliphatic rings. The summed E-state index contributed by atoms with van der Waals surface area (Å²) in [7, 11) is 3.31. The predicted octanol–water partition coefficient (Wildman–Crippen LogP) is 6.20. The summed E-state index contributed by atoms with van der Waals surface area (Å²) in [5.41, 5.74) is 3.73. The minimum atomic E-state index is 0.589. The number of hydrogen-bond acceptors (Lipinski definition) is 4. The molecule has 0 saturated carbocycles. The van der Waals surface area contributed by atoms with Crippen LogP contribution in [0.3, 0.4) is 0 Å². The first-order valence-corrected chi connectivity index (χ1v) is 9.29. The van der Waals surface area contributed by atoms with Gasteiger partial charge in [0, 0.05) is 11.1 Å². The summed E-state index contributed by atoms with van der Waals surface area (Å²) in [5, 5.41) is 0. The highest BCUT2D eigenvalue weighted by Gasteiger charge is 2.14. The highest BCUT2D eigenvalue weighted by molar-refractivity contribution is 5.78. The predicted molar refractivity (Wildman–Crippen MR) is 116 cm³/mol. The van der Waals surface area contributed by atoms with Crippen LogP contribution >= 0.6 is 0 Å². The molecule has 4 heteroatoms. The molecule has 0 radical (unpaired) electrons. The number of nitrogens with zero attached hydrogens (tertiary/aromatic N) is 1. The molecule has 1 heterocycles. The van der Waals surface area contributed by atoms with Crippen molar-refractivity contribution >= 4 is 12.2 Å². The largest absolute Gasteiger partial charge is 0.497 e. The Balaban J connectivity index is 1.73. The fourth-order valence-corrected chi connectivity index (χ4v) is 2.99. The second kappa shape index (κ2) is 8.48. The second-order valence-corrected chi connectivity index (χ2v) is 6.43. The monoisotopic (exact) mass is 383 g/mol. The number of benzene rings is 3. The molecule has 0 saturated heterocycles. The van der Waals surface area contributed by atoms with Gasteiger partial charge in [0.25, 0.3) is 0 Å². The van der Waals surface area contributed by atoms with Crippen LogP contribution in [-0.2, 0) is 0 Å². The Labute approximate surface area is 170 Å². The van der Waals surface area contributed by atoms with Crippen LogP contribution in [0.15, 0.2) is 83.3 Å². The lowest BCUT2D eigenvalue weighted by Crippen LogP contribution is -1.85. The molecule has 144 valence electrons. The second-order valence-electron chi connectivity index (χ2n) is 6.43. The van der Waals surface area contributed by atoms with Gasteiger partial charge in [-0.2, -0.15) is 0 Å². The van der Waals surface area contributed by atoms with Gasteiger partial charge < -0.3 is 13.9 Å². The topological polar surface area (TPSA) is 44.5 Å². The van der Waals surface area contributed by atoms with Crippen LogP contribution in [0, 0.1) is 0 Å². The van der Waals surface area contributed by atoms with Crippen LogP contribution in [0.2, 0.25) is 0 Å². The van der Waals surface area contributed by atoms with E-state index in [9.17, 15) is 0 Å². The molecule has 0 aliphatic heterocycles. The summed E-state index contributed by atoms with van der Waals surface area (Å²) in [6, 6.07) is 25.5. The smallest absolute Gasteiger partial charge is 0.227 e. The summed E-state index contributed by atoms with van der Waals surface area (Å²) in [6.07, 6.45) is 3.95. The molecule has 0 atom stereocenters. The third-order valence-corrected chi connectivity index (χ3v) is 4.58. The molecule has 0 N–H and O–H groups in total. The first-order chi connectivity index (χ1) is 14.3.